The summed E-state index contributed by atoms with van der Waals surface area (Å²) >= 11 is 3.32. The van der Waals surface area contributed by atoms with Crippen molar-refractivity contribution in [2.24, 2.45) is 5.92 Å². The third-order valence-electron chi connectivity index (χ3n) is 2.11. The molecule has 1 atom stereocenters. The standard InChI is InChI=1S/C11H18BrN3O/c1-7(2)5-8(3)14-11-13-6-9(12)10(15-11)16-4/h6-8H,5H2,1-4H3,(H,13,14,15). The number of rotatable bonds is 5. The molecule has 0 aliphatic heterocycles. The molecule has 0 aromatic carbocycles. The van der Waals surface area contributed by atoms with E-state index in [1.54, 1.807) is 13.3 Å². The fraction of sp³-hybridized carbons (Fsp3) is 0.636. The molecule has 0 aliphatic carbocycles. The number of nitrogens with zero attached hydrogens (tertiary/aromatic N) is 2. The zero-order valence-electron chi connectivity index (χ0n) is 10.1. The van der Waals surface area contributed by atoms with Crippen LogP contribution < -0.4 is 10.1 Å². The van der Waals surface area contributed by atoms with Gasteiger partial charge in [-0.25, -0.2) is 4.98 Å². The van der Waals surface area contributed by atoms with Gasteiger partial charge in [-0.1, -0.05) is 13.8 Å². The molecule has 1 heterocycles. The van der Waals surface area contributed by atoms with Crippen LogP contribution in [-0.2, 0) is 0 Å². The molecule has 0 amide bonds. The molecule has 0 bridgehead atoms. The Hall–Kier alpha value is -0.840. The topological polar surface area (TPSA) is 47.0 Å². The van der Waals surface area contributed by atoms with Crippen molar-refractivity contribution < 1.29 is 4.74 Å². The maximum Gasteiger partial charge on any atom is 0.232 e. The number of anilines is 1. The molecule has 1 N–H and O–H groups in total. The third-order valence-corrected chi connectivity index (χ3v) is 2.65. The molecule has 1 rings (SSSR count). The number of halogens is 1. The molecule has 90 valence electrons. The van der Waals surface area contributed by atoms with Crippen LogP contribution in [0.5, 0.6) is 5.88 Å². The number of ether oxygens (including phenoxy) is 1. The summed E-state index contributed by atoms with van der Waals surface area (Å²) in [6.45, 7) is 6.51. The summed E-state index contributed by atoms with van der Waals surface area (Å²) in [5, 5.41) is 3.25. The van der Waals surface area contributed by atoms with Crippen molar-refractivity contribution >= 4 is 21.9 Å². The minimum atomic E-state index is 0.353. The maximum atomic E-state index is 5.11. The Labute approximate surface area is 105 Å². The van der Waals surface area contributed by atoms with Crippen LogP contribution in [0.1, 0.15) is 27.2 Å². The molecule has 0 saturated heterocycles. The Bertz CT molecular complexity index is 344. The zero-order valence-corrected chi connectivity index (χ0v) is 11.7. The molecule has 0 spiro atoms. The molecule has 1 unspecified atom stereocenters. The van der Waals surface area contributed by atoms with Crippen LogP contribution in [0.4, 0.5) is 5.95 Å². The lowest BCUT2D eigenvalue weighted by Gasteiger charge is -2.16. The van der Waals surface area contributed by atoms with Gasteiger partial charge in [0.25, 0.3) is 0 Å². The van der Waals surface area contributed by atoms with Gasteiger partial charge in [0.15, 0.2) is 0 Å². The number of aromatic nitrogens is 2. The predicted molar refractivity (Wildman–Crippen MR) is 68.8 cm³/mol. The summed E-state index contributed by atoms with van der Waals surface area (Å²) in [5.41, 5.74) is 0. The van der Waals surface area contributed by atoms with Crippen LogP contribution in [0.25, 0.3) is 0 Å². The second-order valence-corrected chi connectivity index (χ2v) is 5.08. The first-order chi connectivity index (χ1) is 7.52. The summed E-state index contributed by atoms with van der Waals surface area (Å²) in [5.74, 6) is 1.81. The largest absolute Gasteiger partial charge is 0.480 e. The molecule has 0 saturated carbocycles. The lowest BCUT2D eigenvalue weighted by Crippen LogP contribution is -2.19. The third kappa shape index (κ3) is 3.96. The highest BCUT2D eigenvalue weighted by atomic mass is 79.9. The van der Waals surface area contributed by atoms with E-state index in [4.69, 9.17) is 4.74 Å². The Kier molecular flexibility index (Phi) is 4.99. The van der Waals surface area contributed by atoms with Gasteiger partial charge in [-0.05, 0) is 35.2 Å². The van der Waals surface area contributed by atoms with E-state index in [2.05, 4.69) is 52.0 Å². The molecule has 1 aromatic rings. The van der Waals surface area contributed by atoms with E-state index in [-0.39, 0.29) is 0 Å². The van der Waals surface area contributed by atoms with E-state index < -0.39 is 0 Å². The summed E-state index contributed by atoms with van der Waals surface area (Å²) in [6.07, 6.45) is 2.78. The van der Waals surface area contributed by atoms with Crippen LogP contribution in [0.15, 0.2) is 10.7 Å². The summed E-state index contributed by atoms with van der Waals surface area (Å²) in [7, 11) is 1.59. The Morgan fingerprint density at radius 2 is 2.12 bits per heavy atom. The maximum absolute atomic E-state index is 5.11. The van der Waals surface area contributed by atoms with Crippen molar-refractivity contribution in [1.29, 1.82) is 0 Å². The van der Waals surface area contributed by atoms with Crippen LogP contribution in [0.2, 0.25) is 0 Å². The van der Waals surface area contributed by atoms with Crippen molar-refractivity contribution in [3.63, 3.8) is 0 Å². The first-order valence-corrected chi connectivity index (χ1v) is 6.15. The molecule has 5 heteroatoms. The highest BCUT2D eigenvalue weighted by Gasteiger charge is 2.09. The average Bonchev–Trinajstić information content (AvgIpc) is 2.19. The molecule has 0 radical (unpaired) electrons. The number of nitrogens with one attached hydrogen (secondary N) is 1. The molecule has 16 heavy (non-hydrogen) atoms. The van der Waals surface area contributed by atoms with Gasteiger partial charge in [0.05, 0.1) is 17.8 Å². The second kappa shape index (κ2) is 6.03. The minimum Gasteiger partial charge on any atom is -0.480 e. The van der Waals surface area contributed by atoms with Gasteiger partial charge < -0.3 is 10.1 Å². The zero-order chi connectivity index (χ0) is 12.1. The van der Waals surface area contributed by atoms with Gasteiger partial charge in [-0.2, -0.15) is 4.98 Å². The molecular weight excluding hydrogens is 270 g/mol. The number of hydrogen-bond donors (Lipinski definition) is 1. The second-order valence-electron chi connectivity index (χ2n) is 4.23. The van der Waals surface area contributed by atoms with Gasteiger partial charge >= 0.3 is 0 Å². The van der Waals surface area contributed by atoms with Crippen LogP contribution in [0.3, 0.4) is 0 Å². The summed E-state index contributed by atoms with van der Waals surface area (Å²) in [6, 6.07) is 0.353. The van der Waals surface area contributed by atoms with E-state index >= 15 is 0 Å². The first-order valence-electron chi connectivity index (χ1n) is 5.36. The molecular formula is C11H18BrN3O. The smallest absolute Gasteiger partial charge is 0.232 e. The van der Waals surface area contributed by atoms with Gasteiger partial charge in [0.2, 0.25) is 11.8 Å². The lowest BCUT2D eigenvalue weighted by molar-refractivity contribution is 0.394. The normalized spacial score (nSPS) is 12.6. The molecule has 0 aliphatic rings. The van der Waals surface area contributed by atoms with Crippen LogP contribution >= 0.6 is 15.9 Å². The minimum absolute atomic E-state index is 0.353. The Morgan fingerprint density at radius 1 is 1.44 bits per heavy atom. The molecule has 1 aromatic heterocycles. The summed E-state index contributed by atoms with van der Waals surface area (Å²) < 4.78 is 5.87. The fourth-order valence-electron chi connectivity index (χ4n) is 1.55. The van der Waals surface area contributed by atoms with E-state index in [0.29, 0.717) is 23.8 Å². The van der Waals surface area contributed by atoms with E-state index in [1.807, 2.05) is 0 Å². The van der Waals surface area contributed by atoms with Crippen molar-refractivity contribution in [1.82, 2.24) is 9.97 Å². The van der Waals surface area contributed by atoms with Crippen molar-refractivity contribution in [3.8, 4) is 5.88 Å². The van der Waals surface area contributed by atoms with Crippen molar-refractivity contribution in [2.75, 3.05) is 12.4 Å². The van der Waals surface area contributed by atoms with Gasteiger partial charge in [0, 0.05) is 6.04 Å². The SMILES string of the molecule is COc1nc(NC(C)CC(C)C)ncc1Br. The lowest BCUT2D eigenvalue weighted by atomic mass is 10.1. The molecule has 0 fully saturated rings. The first kappa shape index (κ1) is 13.2. The van der Waals surface area contributed by atoms with Crippen molar-refractivity contribution in [2.45, 2.75) is 33.2 Å². The van der Waals surface area contributed by atoms with Gasteiger partial charge in [0.1, 0.15) is 0 Å². The van der Waals surface area contributed by atoms with Gasteiger partial charge in [-0.15, -0.1) is 0 Å². The summed E-state index contributed by atoms with van der Waals surface area (Å²) in [4.78, 5) is 8.43. The fourth-order valence-corrected chi connectivity index (χ4v) is 1.90. The average molecular weight is 288 g/mol. The van der Waals surface area contributed by atoms with Gasteiger partial charge in [-0.3, -0.25) is 0 Å². The predicted octanol–water partition coefficient (Wildman–Crippen LogP) is 3.09. The van der Waals surface area contributed by atoms with Crippen LogP contribution in [0, 0.1) is 5.92 Å². The quantitative estimate of drug-likeness (QED) is 0.904. The number of methoxy groups -OCH3 is 1. The highest BCUT2D eigenvalue weighted by Crippen LogP contribution is 2.22. The van der Waals surface area contributed by atoms with E-state index in [0.717, 1.165) is 10.9 Å². The highest BCUT2D eigenvalue weighted by molar-refractivity contribution is 9.10. The Morgan fingerprint density at radius 3 is 2.69 bits per heavy atom. The van der Waals surface area contributed by atoms with E-state index in [1.165, 1.54) is 0 Å². The Balaban J connectivity index is 2.67. The van der Waals surface area contributed by atoms with Crippen LogP contribution in [-0.4, -0.2) is 23.1 Å². The number of hydrogen-bond acceptors (Lipinski definition) is 4. The monoisotopic (exact) mass is 287 g/mol. The van der Waals surface area contributed by atoms with Crippen molar-refractivity contribution in [3.05, 3.63) is 10.7 Å². The van der Waals surface area contributed by atoms with E-state index in [9.17, 15) is 0 Å². The molecule has 4 nitrogen and oxygen atoms in total.